The van der Waals surface area contributed by atoms with E-state index in [-0.39, 0.29) is 22.5 Å². The fourth-order valence-corrected chi connectivity index (χ4v) is 3.90. The molecule has 1 aromatic carbocycles. The van der Waals surface area contributed by atoms with Gasteiger partial charge in [-0.15, -0.1) is 11.6 Å². The first kappa shape index (κ1) is 24.3. The van der Waals surface area contributed by atoms with Crippen LogP contribution >= 0.6 is 35.4 Å². The Kier molecular flexibility index (Phi) is 8.01. The second kappa shape index (κ2) is 9.89. The number of ether oxygens (including phenoxy) is 1. The summed E-state index contributed by atoms with van der Waals surface area (Å²) in [6.45, 7) is 3.49. The Morgan fingerprint density at radius 2 is 2.00 bits per heavy atom. The lowest BCUT2D eigenvalue weighted by Gasteiger charge is -2.43. The number of carbonyl (C=O) groups is 2. The third kappa shape index (κ3) is 5.01. The number of urea groups is 1. The van der Waals surface area contributed by atoms with Crippen molar-refractivity contribution in [2.24, 2.45) is 5.73 Å². The maximum atomic E-state index is 11.6. The van der Waals surface area contributed by atoms with Crippen LogP contribution in [0.3, 0.4) is 0 Å². The van der Waals surface area contributed by atoms with E-state index >= 15 is 0 Å². The molecule has 0 heterocycles. The molecule has 3 amide bonds. The molecule has 0 spiro atoms. The Labute approximate surface area is 190 Å². The highest BCUT2D eigenvalue weighted by molar-refractivity contribution is 7.80. The number of nitrogens with two attached hydrogens (primary N) is 1. The fraction of sp³-hybridized carbons (Fsp3) is 0.350. The smallest absolute Gasteiger partial charge is 0.317 e. The first-order valence-corrected chi connectivity index (χ1v) is 10.3. The first-order valence-electron chi connectivity index (χ1n) is 9.18. The molecule has 5 N–H and O–H groups in total. The average Bonchev–Trinajstić information content (AvgIpc) is 2.65. The molecule has 1 aromatic rings. The Hall–Kier alpha value is -1.97. The van der Waals surface area contributed by atoms with Crippen LogP contribution < -0.4 is 16.4 Å². The Morgan fingerprint density at radius 1 is 1.33 bits per heavy atom. The maximum absolute atomic E-state index is 11.6. The second-order valence-corrected chi connectivity index (χ2v) is 8.11. The molecule has 0 aliphatic heterocycles. The summed E-state index contributed by atoms with van der Waals surface area (Å²) in [5.41, 5.74) is 6.73. The highest BCUT2D eigenvalue weighted by Gasteiger charge is 2.57. The average molecular weight is 472 g/mol. The van der Waals surface area contributed by atoms with E-state index in [0.29, 0.717) is 23.2 Å². The standard InChI is InChI=1S/C20H23Cl2N3O4S/c1-3-4-9-29-20(28)16(21)10-13(11-19(20,22)17(30)25-18(23)27)14-7-5-6-8-15(14)24-12(2)26/h5-8,10-11,28H,3-4,9H2,1-2H3,(H,24,26)(H3,23,25,27,30). The first-order chi connectivity index (χ1) is 14.0. The van der Waals surface area contributed by atoms with Crippen molar-refractivity contribution < 1.29 is 19.4 Å². The molecular formula is C20H23Cl2N3O4S. The summed E-state index contributed by atoms with van der Waals surface area (Å²) in [7, 11) is 0. The third-order valence-electron chi connectivity index (χ3n) is 4.38. The molecule has 2 atom stereocenters. The molecular weight excluding hydrogens is 449 g/mol. The molecule has 0 saturated carbocycles. The van der Waals surface area contributed by atoms with Crippen LogP contribution in [0.1, 0.15) is 32.3 Å². The zero-order valence-corrected chi connectivity index (χ0v) is 18.8. The number of carbonyl (C=O) groups excluding carboxylic acids is 2. The van der Waals surface area contributed by atoms with E-state index in [1.807, 2.05) is 6.92 Å². The van der Waals surface area contributed by atoms with Crippen LogP contribution in [0.2, 0.25) is 0 Å². The monoisotopic (exact) mass is 471 g/mol. The van der Waals surface area contributed by atoms with Gasteiger partial charge in [0.2, 0.25) is 11.7 Å². The van der Waals surface area contributed by atoms with Gasteiger partial charge in [0.05, 0.1) is 11.6 Å². The van der Waals surface area contributed by atoms with Crippen molar-refractivity contribution in [3.63, 3.8) is 0 Å². The number of hydrogen-bond acceptors (Lipinski definition) is 5. The predicted octanol–water partition coefficient (Wildman–Crippen LogP) is 3.64. The molecule has 1 aliphatic rings. The molecule has 0 saturated heterocycles. The summed E-state index contributed by atoms with van der Waals surface area (Å²) in [5, 5.41) is 16.1. The van der Waals surface area contributed by atoms with Gasteiger partial charge in [0.1, 0.15) is 4.99 Å². The second-order valence-electron chi connectivity index (χ2n) is 6.69. The lowest BCUT2D eigenvalue weighted by atomic mass is 9.85. The fourth-order valence-electron chi connectivity index (χ4n) is 2.91. The van der Waals surface area contributed by atoms with E-state index in [4.69, 9.17) is 45.9 Å². The van der Waals surface area contributed by atoms with Crippen molar-refractivity contribution in [1.82, 2.24) is 5.32 Å². The van der Waals surface area contributed by atoms with E-state index in [1.54, 1.807) is 24.3 Å². The van der Waals surface area contributed by atoms with E-state index in [9.17, 15) is 14.7 Å². The van der Waals surface area contributed by atoms with Gasteiger partial charge in [-0.2, -0.15) is 0 Å². The quantitative estimate of drug-likeness (QED) is 0.209. The number of aliphatic hydroxyl groups is 1. The molecule has 0 aromatic heterocycles. The highest BCUT2D eigenvalue weighted by Crippen LogP contribution is 2.47. The molecule has 0 radical (unpaired) electrons. The summed E-state index contributed by atoms with van der Waals surface area (Å²) in [5.74, 6) is -2.51. The van der Waals surface area contributed by atoms with Crippen LogP contribution in [0.4, 0.5) is 10.5 Å². The van der Waals surface area contributed by atoms with Crippen LogP contribution in [0, 0.1) is 0 Å². The van der Waals surface area contributed by atoms with Crippen molar-refractivity contribution in [1.29, 1.82) is 0 Å². The summed E-state index contributed by atoms with van der Waals surface area (Å²) in [4.78, 5) is 20.8. The zero-order valence-electron chi connectivity index (χ0n) is 16.5. The van der Waals surface area contributed by atoms with Crippen molar-refractivity contribution >= 4 is 63.6 Å². The van der Waals surface area contributed by atoms with Crippen molar-refractivity contribution in [3.05, 3.63) is 47.0 Å². The van der Waals surface area contributed by atoms with Gasteiger partial charge in [-0.25, -0.2) is 4.79 Å². The number of hydrogen-bond donors (Lipinski definition) is 4. The Balaban J connectivity index is 2.61. The van der Waals surface area contributed by atoms with Gasteiger partial charge in [0, 0.05) is 18.2 Å². The number of nitrogens with one attached hydrogen (secondary N) is 2. The van der Waals surface area contributed by atoms with Gasteiger partial charge in [-0.05, 0) is 30.2 Å². The number of rotatable bonds is 7. The summed E-state index contributed by atoms with van der Waals surface area (Å²) in [6, 6.07) is 6.00. The predicted molar refractivity (Wildman–Crippen MR) is 122 cm³/mol. The van der Waals surface area contributed by atoms with Gasteiger partial charge in [0.25, 0.3) is 0 Å². The zero-order chi connectivity index (χ0) is 22.5. The van der Waals surface area contributed by atoms with Gasteiger partial charge in [-0.1, -0.05) is 55.4 Å². The van der Waals surface area contributed by atoms with Crippen LogP contribution in [0.25, 0.3) is 5.57 Å². The van der Waals surface area contributed by atoms with E-state index in [0.717, 1.165) is 6.42 Å². The van der Waals surface area contributed by atoms with E-state index in [1.165, 1.54) is 19.1 Å². The number of unbranched alkanes of at least 4 members (excludes halogenated alkanes) is 1. The summed E-state index contributed by atoms with van der Waals surface area (Å²) < 4.78 is 5.65. The van der Waals surface area contributed by atoms with Gasteiger partial charge in [-0.3, -0.25) is 4.79 Å². The number of thiocarbonyl (C=S) groups is 1. The minimum absolute atomic E-state index is 0.141. The minimum atomic E-state index is -2.24. The molecule has 162 valence electrons. The molecule has 2 unspecified atom stereocenters. The maximum Gasteiger partial charge on any atom is 0.317 e. The molecule has 10 heteroatoms. The van der Waals surface area contributed by atoms with Crippen LogP contribution in [0.15, 0.2) is 41.4 Å². The SMILES string of the molecule is CCCCOC1(O)C(Cl)=CC(c2ccccc2NC(C)=O)=CC1(Cl)C(=S)NC(N)=O. The van der Waals surface area contributed by atoms with Crippen molar-refractivity contribution in [3.8, 4) is 0 Å². The van der Waals surface area contributed by atoms with Crippen LogP contribution in [0.5, 0.6) is 0 Å². The number of anilines is 1. The van der Waals surface area contributed by atoms with Gasteiger partial charge < -0.3 is 26.2 Å². The van der Waals surface area contributed by atoms with Gasteiger partial charge in [0.15, 0.2) is 4.87 Å². The molecule has 30 heavy (non-hydrogen) atoms. The number of primary amides is 1. The van der Waals surface area contributed by atoms with Crippen LogP contribution in [-0.4, -0.2) is 39.3 Å². The normalized spacial score (nSPS) is 23.2. The topological polar surface area (TPSA) is 114 Å². The Morgan fingerprint density at radius 3 is 2.60 bits per heavy atom. The lowest BCUT2D eigenvalue weighted by molar-refractivity contribution is -0.175. The molecule has 7 nitrogen and oxygen atoms in total. The van der Waals surface area contributed by atoms with E-state index in [2.05, 4.69) is 10.6 Å². The largest absolute Gasteiger partial charge is 0.359 e. The molecule has 0 bridgehead atoms. The highest BCUT2D eigenvalue weighted by atomic mass is 35.5. The number of para-hydroxylation sites is 1. The lowest BCUT2D eigenvalue weighted by Crippen LogP contribution is -2.61. The van der Waals surface area contributed by atoms with Gasteiger partial charge >= 0.3 is 6.03 Å². The summed E-state index contributed by atoms with van der Waals surface area (Å²) in [6.07, 6.45) is 4.34. The number of allylic oxidation sites excluding steroid dienone is 2. The van der Waals surface area contributed by atoms with Crippen molar-refractivity contribution in [2.45, 2.75) is 37.4 Å². The molecule has 2 rings (SSSR count). The van der Waals surface area contributed by atoms with E-state index < -0.39 is 16.7 Å². The number of amides is 3. The third-order valence-corrected chi connectivity index (χ3v) is 5.83. The Bertz CT molecular complexity index is 921. The minimum Gasteiger partial charge on any atom is -0.359 e. The number of halogens is 2. The number of benzene rings is 1. The van der Waals surface area contributed by atoms with Crippen molar-refractivity contribution in [2.75, 3.05) is 11.9 Å². The number of alkyl halides is 1. The summed E-state index contributed by atoms with van der Waals surface area (Å²) >= 11 is 18.5. The molecule has 1 aliphatic carbocycles. The molecule has 0 fully saturated rings. The van der Waals surface area contributed by atoms with Crippen LogP contribution in [-0.2, 0) is 9.53 Å².